The van der Waals surface area contributed by atoms with Gasteiger partial charge in [0.25, 0.3) is 0 Å². The molecule has 0 heterocycles. The maximum atomic E-state index is 11.3. The lowest BCUT2D eigenvalue weighted by molar-refractivity contribution is 0.148. The molecule has 0 aromatic carbocycles. The Labute approximate surface area is 38.4 Å². The molecule has 0 saturated heterocycles. The molecule has 0 aliphatic heterocycles. The van der Waals surface area contributed by atoms with Gasteiger partial charge in [-0.15, -0.1) is 0 Å². The van der Waals surface area contributed by atoms with Crippen molar-refractivity contribution in [1.82, 2.24) is 0 Å². The van der Waals surface area contributed by atoms with Crippen LogP contribution in [0.5, 0.6) is 0 Å². The molecule has 0 atom stereocenters. The van der Waals surface area contributed by atoms with Crippen molar-refractivity contribution < 1.29 is 8.78 Å². The van der Waals surface area contributed by atoms with Crippen molar-refractivity contribution >= 4 is 11.6 Å². The van der Waals surface area contributed by atoms with Crippen LogP contribution in [-0.2, 0) is 0 Å². The van der Waals surface area contributed by atoms with Gasteiger partial charge in [0, 0.05) is 6.08 Å². The van der Waals surface area contributed by atoms with Gasteiger partial charge < -0.3 is 0 Å². The zero-order valence-electron chi connectivity index (χ0n) is 2.71. The summed E-state index contributed by atoms with van der Waals surface area (Å²) in [7, 11) is 0. The summed E-state index contributed by atoms with van der Waals surface area (Å²) in [4.78, 5) is 0. The second-order valence-electron chi connectivity index (χ2n) is 1.12. The third-order valence-corrected chi connectivity index (χ3v) is 0.904. The summed E-state index contributed by atoms with van der Waals surface area (Å²) < 4.78 is 22.6. The molecule has 0 bridgehead atoms. The normalized spacial score (nSPS) is 26.2. The molecule has 0 nitrogen and oxygen atoms in total. The Bertz CT molecular complexity index is 105. The Kier molecular flexibility index (Phi) is 0.512. The van der Waals surface area contributed by atoms with Gasteiger partial charge in [0.15, 0.2) is 0 Å². The highest BCUT2D eigenvalue weighted by Crippen LogP contribution is 2.42. The Morgan fingerprint density at radius 1 is 1.67 bits per heavy atom. The number of hydrogen-bond acceptors (Lipinski definition) is 0. The number of allylic oxidation sites excluding steroid dienone is 2. The number of rotatable bonds is 0. The van der Waals surface area contributed by atoms with E-state index in [0.29, 0.717) is 6.08 Å². The molecule has 0 unspecified atom stereocenters. The average molecular weight is 110 g/mol. The van der Waals surface area contributed by atoms with Crippen LogP contribution >= 0.6 is 11.6 Å². The molecule has 0 amide bonds. The summed E-state index contributed by atoms with van der Waals surface area (Å²) in [6, 6.07) is 0. The van der Waals surface area contributed by atoms with Gasteiger partial charge in [0.2, 0.25) is 0 Å². The SMILES string of the molecule is FC1(F)C=C1Cl. The lowest BCUT2D eigenvalue weighted by Gasteiger charge is -1.82. The summed E-state index contributed by atoms with van der Waals surface area (Å²) in [5.41, 5.74) is 0. The molecule has 1 aliphatic rings. The van der Waals surface area contributed by atoms with E-state index in [1.165, 1.54) is 0 Å². The van der Waals surface area contributed by atoms with Gasteiger partial charge in [-0.05, 0) is 0 Å². The molecule has 0 spiro atoms. The van der Waals surface area contributed by atoms with Gasteiger partial charge in [-0.25, -0.2) is 0 Å². The predicted octanol–water partition coefficient (Wildman–Crippen LogP) is 1.76. The third kappa shape index (κ3) is 0.411. The summed E-state index contributed by atoms with van der Waals surface area (Å²) >= 11 is 4.79. The van der Waals surface area contributed by atoms with E-state index < -0.39 is 5.92 Å². The largest absolute Gasteiger partial charge is 0.303 e. The highest BCUT2D eigenvalue weighted by atomic mass is 35.5. The Morgan fingerprint density at radius 2 is 1.83 bits per heavy atom. The molecule has 0 N–H and O–H groups in total. The zero-order valence-corrected chi connectivity index (χ0v) is 3.47. The molecule has 0 saturated carbocycles. The molecule has 0 aromatic heterocycles. The fraction of sp³-hybridized carbons (Fsp3) is 0.333. The quantitative estimate of drug-likeness (QED) is 0.446. The summed E-state index contributed by atoms with van der Waals surface area (Å²) in [5.74, 6) is -2.73. The fourth-order valence-electron chi connectivity index (χ4n) is 0.123. The van der Waals surface area contributed by atoms with E-state index in [-0.39, 0.29) is 5.03 Å². The molecule has 0 fully saturated rings. The minimum absolute atomic E-state index is 0.331. The van der Waals surface area contributed by atoms with E-state index >= 15 is 0 Å². The highest BCUT2D eigenvalue weighted by molar-refractivity contribution is 6.33. The van der Waals surface area contributed by atoms with Crippen LogP contribution in [0.25, 0.3) is 0 Å². The first-order valence-electron chi connectivity index (χ1n) is 1.39. The summed E-state index contributed by atoms with van der Waals surface area (Å²) in [6.45, 7) is 0. The van der Waals surface area contributed by atoms with Crippen molar-refractivity contribution in [2.45, 2.75) is 5.92 Å². The first-order valence-corrected chi connectivity index (χ1v) is 1.77. The first kappa shape index (κ1) is 4.06. The zero-order chi connectivity index (χ0) is 4.78. The third-order valence-electron chi connectivity index (χ3n) is 0.543. The van der Waals surface area contributed by atoms with E-state index in [2.05, 4.69) is 0 Å². The Morgan fingerprint density at radius 3 is 1.83 bits per heavy atom. The molecule has 1 rings (SSSR count). The van der Waals surface area contributed by atoms with E-state index in [0.717, 1.165) is 0 Å². The maximum Gasteiger partial charge on any atom is 0.303 e. The van der Waals surface area contributed by atoms with Crippen molar-refractivity contribution in [1.29, 1.82) is 0 Å². The van der Waals surface area contributed by atoms with Crippen molar-refractivity contribution in [3.8, 4) is 0 Å². The van der Waals surface area contributed by atoms with Crippen molar-refractivity contribution in [3.63, 3.8) is 0 Å². The minimum Gasteiger partial charge on any atom is -0.195 e. The van der Waals surface area contributed by atoms with Gasteiger partial charge in [-0.3, -0.25) is 0 Å². The van der Waals surface area contributed by atoms with E-state index in [1.54, 1.807) is 0 Å². The standard InChI is InChI=1S/C3HClF2/c4-2-1-3(2,5)6/h1H. The molecule has 34 valence electrons. The van der Waals surface area contributed by atoms with Crippen molar-refractivity contribution in [2.75, 3.05) is 0 Å². The van der Waals surface area contributed by atoms with Crippen molar-refractivity contribution in [3.05, 3.63) is 11.1 Å². The van der Waals surface area contributed by atoms with Gasteiger partial charge in [0.1, 0.15) is 0 Å². The van der Waals surface area contributed by atoms with Gasteiger partial charge in [-0.1, -0.05) is 11.6 Å². The lowest BCUT2D eigenvalue weighted by Crippen LogP contribution is -1.87. The smallest absolute Gasteiger partial charge is 0.195 e. The van der Waals surface area contributed by atoms with Crippen LogP contribution in [-0.4, -0.2) is 5.92 Å². The van der Waals surface area contributed by atoms with Crippen LogP contribution in [0, 0.1) is 0 Å². The number of hydrogen-bond donors (Lipinski definition) is 0. The molecule has 0 radical (unpaired) electrons. The number of alkyl halides is 2. The van der Waals surface area contributed by atoms with E-state index in [9.17, 15) is 8.78 Å². The molecule has 0 aromatic rings. The fourth-order valence-corrected chi connectivity index (χ4v) is 0.260. The highest BCUT2D eigenvalue weighted by Gasteiger charge is 2.44. The molecular weight excluding hydrogens is 109 g/mol. The first-order chi connectivity index (χ1) is 2.63. The van der Waals surface area contributed by atoms with E-state index in [4.69, 9.17) is 11.6 Å². The molecule has 3 heteroatoms. The predicted molar refractivity (Wildman–Crippen MR) is 18.9 cm³/mol. The molecule has 6 heavy (non-hydrogen) atoms. The van der Waals surface area contributed by atoms with E-state index in [1.807, 2.05) is 0 Å². The molecule has 1 aliphatic carbocycles. The maximum absolute atomic E-state index is 11.3. The van der Waals surface area contributed by atoms with Crippen LogP contribution in [0.1, 0.15) is 0 Å². The van der Waals surface area contributed by atoms with Gasteiger partial charge in [-0.2, -0.15) is 8.78 Å². The second-order valence-corrected chi connectivity index (χ2v) is 1.52. The summed E-state index contributed by atoms with van der Waals surface area (Å²) in [5, 5.41) is -0.331. The van der Waals surface area contributed by atoms with Crippen LogP contribution in [0.2, 0.25) is 0 Å². The number of halogens is 3. The van der Waals surface area contributed by atoms with Gasteiger partial charge in [0.05, 0.1) is 5.03 Å². The summed E-state index contributed by atoms with van der Waals surface area (Å²) in [6.07, 6.45) is 0.703. The Balaban J connectivity index is 2.53. The van der Waals surface area contributed by atoms with Crippen LogP contribution in [0.3, 0.4) is 0 Å². The minimum atomic E-state index is -2.73. The lowest BCUT2D eigenvalue weighted by atomic mass is 10.7. The topological polar surface area (TPSA) is 0 Å². The monoisotopic (exact) mass is 110 g/mol. The second kappa shape index (κ2) is 0.757. The van der Waals surface area contributed by atoms with Crippen molar-refractivity contribution in [2.24, 2.45) is 0 Å². The van der Waals surface area contributed by atoms with Crippen LogP contribution in [0.4, 0.5) is 8.78 Å². The van der Waals surface area contributed by atoms with Gasteiger partial charge >= 0.3 is 5.92 Å². The molecular formula is C3HClF2. The van der Waals surface area contributed by atoms with Crippen LogP contribution in [0.15, 0.2) is 11.1 Å². The average Bonchev–Trinajstić information content (AvgIpc) is 1.73. The Hall–Kier alpha value is -0.110. The van der Waals surface area contributed by atoms with Crippen LogP contribution < -0.4 is 0 Å².